The van der Waals surface area contributed by atoms with Gasteiger partial charge in [-0.25, -0.2) is 0 Å². The molecule has 3 heterocycles. The second-order valence-electron chi connectivity index (χ2n) is 7.05. The topological polar surface area (TPSA) is 45.5 Å². The molecule has 1 N–H and O–H groups in total. The number of benzene rings is 1. The molecular weight excluding hydrogens is 300 g/mol. The van der Waals surface area contributed by atoms with Gasteiger partial charge in [0.1, 0.15) is 12.5 Å². The molecule has 2 aliphatic heterocycles. The van der Waals surface area contributed by atoms with Crippen molar-refractivity contribution in [3.63, 3.8) is 0 Å². The number of carbonyl (C=O) groups excluding carboxylic acids is 1. The first-order valence-electron chi connectivity index (χ1n) is 8.77. The van der Waals surface area contributed by atoms with Gasteiger partial charge >= 0.3 is 0 Å². The normalized spacial score (nSPS) is 27.8. The Morgan fingerprint density at radius 1 is 1.29 bits per heavy atom. The van der Waals surface area contributed by atoms with E-state index in [1.165, 1.54) is 16.6 Å². The second-order valence-corrected chi connectivity index (χ2v) is 7.05. The number of carbonyl (C=O) groups is 1. The van der Waals surface area contributed by atoms with Gasteiger partial charge in [-0.1, -0.05) is 24.3 Å². The van der Waals surface area contributed by atoms with E-state index >= 15 is 0 Å². The Balaban J connectivity index is 1.93. The summed E-state index contributed by atoms with van der Waals surface area (Å²) in [7, 11) is 2.15. The maximum atomic E-state index is 11.5. The maximum absolute atomic E-state index is 11.5. The number of hydrogen-bond acceptors (Lipinski definition) is 3. The Labute approximate surface area is 142 Å². The van der Waals surface area contributed by atoms with Crippen LogP contribution >= 0.6 is 0 Å². The van der Waals surface area contributed by atoms with E-state index in [4.69, 9.17) is 0 Å². The van der Waals surface area contributed by atoms with Crippen LogP contribution in [0.4, 0.5) is 0 Å². The van der Waals surface area contributed by atoms with E-state index in [1.807, 2.05) is 19.1 Å². The first-order chi connectivity index (χ1) is 11.7. The molecule has 0 fully saturated rings. The molecule has 0 aliphatic carbocycles. The predicted molar refractivity (Wildman–Crippen MR) is 94.8 cm³/mol. The van der Waals surface area contributed by atoms with Crippen LogP contribution in [0.25, 0.3) is 10.9 Å². The molecule has 2 aliphatic rings. The van der Waals surface area contributed by atoms with E-state index < -0.39 is 6.23 Å². The summed E-state index contributed by atoms with van der Waals surface area (Å²) in [6.45, 7) is 2.92. The summed E-state index contributed by atoms with van der Waals surface area (Å²) in [5.74, 6) is 0.0968. The Bertz CT molecular complexity index is 820. The van der Waals surface area contributed by atoms with Gasteiger partial charge in [0.25, 0.3) is 0 Å². The van der Waals surface area contributed by atoms with Crippen molar-refractivity contribution in [2.45, 2.75) is 38.5 Å². The SMILES string of the molecule is C/C=C(/C=O)[C@@H]1C[C@@H](O)n2c3c(c4ccccc42)CCN(C)[C@H]3C1. The third-order valence-corrected chi connectivity index (χ3v) is 5.86. The molecule has 4 rings (SSSR count). The fourth-order valence-corrected chi connectivity index (χ4v) is 4.64. The van der Waals surface area contributed by atoms with Gasteiger partial charge in [-0.15, -0.1) is 0 Å². The highest BCUT2D eigenvalue weighted by molar-refractivity contribution is 5.86. The molecule has 1 aromatic heterocycles. The molecule has 126 valence electrons. The number of nitrogens with zero attached hydrogens (tertiary/aromatic N) is 2. The Morgan fingerprint density at radius 2 is 2.08 bits per heavy atom. The smallest absolute Gasteiger partial charge is 0.145 e. The molecule has 0 radical (unpaired) electrons. The summed E-state index contributed by atoms with van der Waals surface area (Å²) in [4.78, 5) is 13.8. The quantitative estimate of drug-likeness (QED) is 0.681. The van der Waals surface area contributed by atoms with Gasteiger partial charge in [0.05, 0.1) is 11.6 Å². The molecular formula is C20H24N2O2. The maximum Gasteiger partial charge on any atom is 0.145 e. The van der Waals surface area contributed by atoms with Crippen molar-refractivity contribution in [3.8, 4) is 0 Å². The summed E-state index contributed by atoms with van der Waals surface area (Å²) in [6, 6.07) is 8.63. The van der Waals surface area contributed by atoms with E-state index in [-0.39, 0.29) is 12.0 Å². The first kappa shape index (κ1) is 15.6. The average molecular weight is 324 g/mol. The lowest BCUT2D eigenvalue weighted by Crippen LogP contribution is -2.33. The number of hydrogen-bond donors (Lipinski definition) is 1. The fourth-order valence-electron chi connectivity index (χ4n) is 4.64. The molecule has 0 unspecified atom stereocenters. The zero-order chi connectivity index (χ0) is 16.8. The summed E-state index contributed by atoms with van der Waals surface area (Å²) in [5, 5.41) is 12.3. The first-order valence-corrected chi connectivity index (χ1v) is 8.77. The minimum Gasteiger partial charge on any atom is -0.373 e. The molecule has 24 heavy (non-hydrogen) atoms. The van der Waals surface area contributed by atoms with Crippen molar-refractivity contribution in [2.24, 2.45) is 5.92 Å². The molecule has 0 saturated heterocycles. The zero-order valence-electron chi connectivity index (χ0n) is 14.3. The highest BCUT2D eigenvalue weighted by atomic mass is 16.3. The van der Waals surface area contributed by atoms with Crippen molar-refractivity contribution in [2.75, 3.05) is 13.6 Å². The highest BCUT2D eigenvalue weighted by Gasteiger charge is 2.38. The molecule has 0 spiro atoms. The van der Waals surface area contributed by atoms with E-state index in [9.17, 15) is 9.90 Å². The summed E-state index contributed by atoms with van der Waals surface area (Å²) in [6.07, 6.45) is 4.75. The van der Waals surface area contributed by atoms with Crippen molar-refractivity contribution in [3.05, 3.63) is 47.2 Å². The van der Waals surface area contributed by atoms with Crippen molar-refractivity contribution >= 4 is 17.2 Å². The number of fused-ring (bicyclic) bond motifs is 3. The van der Waals surface area contributed by atoms with Crippen LogP contribution in [-0.4, -0.2) is 34.5 Å². The Hall–Kier alpha value is -1.91. The summed E-state index contributed by atoms with van der Waals surface area (Å²) >= 11 is 0. The van der Waals surface area contributed by atoms with E-state index in [2.05, 4.69) is 34.7 Å². The van der Waals surface area contributed by atoms with Crippen LogP contribution in [0.15, 0.2) is 35.9 Å². The molecule has 0 saturated carbocycles. The lowest BCUT2D eigenvalue weighted by atomic mass is 9.86. The largest absolute Gasteiger partial charge is 0.373 e. The molecule has 4 heteroatoms. The number of aromatic nitrogens is 1. The minimum absolute atomic E-state index is 0.0968. The number of aliphatic hydroxyl groups excluding tert-OH is 1. The number of likely N-dealkylation sites (N-methyl/N-ethyl adjacent to an activating group) is 1. The number of para-hydroxylation sites is 1. The molecule has 0 amide bonds. The minimum atomic E-state index is -0.588. The van der Waals surface area contributed by atoms with Gasteiger partial charge in [-0.3, -0.25) is 9.69 Å². The monoisotopic (exact) mass is 324 g/mol. The van der Waals surface area contributed by atoms with Gasteiger partial charge in [0.15, 0.2) is 0 Å². The van der Waals surface area contributed by atoms with Gasteiger partial charge in [0.2, 0.25) is 0 Å². The van der Waals surface area contributed by atoms with Crippen LogP contribution in [0, 0.1) is 5.92 Å². The average Bonchev–Trinajstić information content (AvgIpc) is 2.84. The van der Waals surface area contributed by atoms with Crippen LogP contribution in [0.5, 0.6) is 0 Å². The molecule has 0 bridgehead atoms. The highest BCUT2D eigenvalue weighted by Crippen LogP contribution is 2.46. The number of aliphatic hydroxyl groups is 1. The van der Waals surface area contributed by atoms with Crippen LogP contribution in [-0.2, 0) is 11.2 Å². The standard InChI is InChI=1S/C20H24N2O2/c1-3-13(12-23)14-10-18-20-16(8-9-21(18)2)15-6-4-5-7-17(15)22(20)19(24)11-14/h3-7,12,14,18-19,24H,8-11H2,1-2H3/b13-3-/t14-,18-,19+/m0/s1. The zero-order valence-corrected chi connectivity index (χ0v) is 14.3. The van der Waals surface area contributed by atoms with E-state index in [0.29, 0.717) is 6.42 Å². The molecule has 1 aromatic carbocycles. The third-order valence-electron chi connectivity index (χ3n) is 5.86. The van der Waals surface area contributed by atoms with Gasteiger partial charge in [-0.2, -0.15) is 0 Å². The van der Waals surface area contributed by atoms with Gasteiger partial charge in [-0.05, 0) is 56.4 Å². The Kier molecular flexibility index (Phi) is 3.82. The van der Waals surface area contributed by atoms with Crippen LogP contribution < -0.4 is 0 Å². The predicted octanol–water partition coefficient (Wildman–Crippen LogP) is 3.22. The Morgan fingerprint density at radius 3 is 2.83 bits per heavy atom. The number of aldehydes is 1. The second kappa shape index (κ2) is 5.87. The van der Waals surface area contributed by atoms with Crippen molar-refractivity contribution in [1.29, 1.82) is 0 Å². The van der Waals surface area contributed by atoms with Crippen LogP contribution in [0.1, 0.15) is 43.3 Å². The van der Waals surface area contributed by atoms with Crippen molar-refractivity contribution in [1.82, 2.24) is 9.47 Å². The number of allylic oxidation sites excluding steroid dienone is 2. The van der Waals surface area contributed by atoms with Gasteiger partial charge in [0, 0.05) is 17.6 Å². The lowest BCUT2D eigenvalue weighted by molar-refractivity contribution is -0.105. The summed E-state index contributed by atoms with van der Waals surface area (Å²) in [5.41, 5.74) is 4.55. The van der Waals surface area contributed by atoms with E-state index in [1.54, 1.807) is 0 Å². The third kappa shape index (κ3) is 2.17. The molecule has 3 atom stereocenters. The summed E-state index contributed by atoms with van der Waals surface area (Å²) < 4.78 is 2.13. The number of rotatable bonds is 2. The van der Waals surface area contributed by atoms with Crippen molar-refractivity contribution < 1.29 is 9.90 Å². The van der Waals surface area contributed by atoms with Gasteiger partial charge < -0.3 is 9.67 Å². The van der Waals surface area contributed by atoms with E-state index in [0.717, 1.165) is 36.8 Å². The fraction of sp³-hybridized carbons (Fsp3) is 0.450. The van der Waals surface area contributed by atoms with Crippen LogP contribution in [0.2, 0.25) is 0 Å². The molecule has 4 nitrogen and oxygen atoms in total. The van der Waals surface area contributed by atoms with Crippen LogP contribution in [0.3, 0.4) is 0 Å². The molecule has 2 aromatic rings. The lowest BCUT2D eigenvalue weighted by Gasteiger charge is -2.34.